The lowest BCUT2D eigenvalue weighted by Crippen LogP contribution is -2.00. The van der Waals surface area contributed by atoms with Gasteiger partial charge in [0, 0.05) is 22.7 Å². The summed E-state index contributed by atoms with van der Waals surface area (Å²) in [7, 11) is 0. The summed E-state index contributed by atoms with van der Waals surface area (Å²) in [4.78, 5) is 1.25. The molecule has 20 heavy (non-hydrogen) atoms. The maximum absolute atomic E-state index is 9.49. The second-order valence-electron chi connectivity index (χ2n) is 4.55. The predicted octanol–water partition coefficient (Wildman–Crippen LogP) is 4.73. The van der Waals surface area contributed by atoms with Crippen LogP contribution in [0.15, 0.2) is 66.0 Å². The van der Waals surface area contributed by atoms with Crippen molar-refractivity contribution in [2.24, 2.45) is 0 Å². The van der Waals surface area contributed by atoms with Crippen LogP contribution in [-0.4, -0.2) is 5.11 Å². The number of phenols is 1. The zero-order chi connectivity index (χ0) is 13.8. The SMILES string of the molecule is Oc1cccc(CNc2ccccc2-c2cccs2)c1. The predicted molar refractivity (Wildman–Crippen MR) is 85.2 cm³/mol. The Balaban J connectivity index is 1.81. The van der Waals surface area contributed by atoms with Gasteiger partial charge in [0.25, 0.3) is 0 Å². The fraction of sp³-hybridized carbons (Fsp3) is 0.0588. The minimum atomic E-state index is 0.302. The molecule has 2 aromatic carbocycles. The van der Waals surface area contributed by atoms with Crippen molar-refractivity contribution < 1.29 is 5.11 Å². The first-order valence-electron chi connectivity index (χ1n) is 6.47. The van der Waals surface area contributed by atoms with E-state index in [1.165, 1.54) is 10.4 Å². The monoisotopic (exact) mass is 281 g/mol. The largest absolute Gasteiger partial charge is 0.508 e. The Morgan fingerprint density at radius 1 is 0.950 bits per heavy atom. The van der Waals surface area contributed by atoms with Gasteiger partial charge >= 0.3 is 0 Å². The highest BCUT2D eigenvalue weighted by Crippen LogP contribution is 2.31. The van der Waals surface area contributed by atoms with Crippen molar-refractivity contribution in [1.29, 1.82) is 0 Å². The van der Waals surface area contributed by atoms with Crippen LogP contribution >= 0.6 is 11.3 Å². The van der Waals surface area contributed by atoms with E-state index in [1.807, 2.05) is 18.2 Å². The molecule has 0 saturated heterocycles. The Bertz CT molecular complexity index is 692. The molecule has 1 aromatic heterocycles. The molecule has 0 radical (unpaired) electrons. The first kappa shape index (κ1) is 12.8. The summed E-state index contributed by atoms with van der Waals surface area (Å²) in [5, 5.41) is 15.0. The van der Waals surface area contributed by atoms with E-state index in [0.717, 1.165) is 11.3 Å². The number of anilines is 1. The van der Waals surface area contributed by atoms with Gasteiger partial charge in [-0.1, -0.05) is 36.4 Å². The quantitative estimate of drug-likeness (QED) is 0.724. The molecule has 3 aromatic rings. The van der Waals surface area contributed by atoms with Gasteiger partial charge in [0.05, 0.1) is 0 Å². The molecule has 0 unspecified atom stereocenters. The zero-order valence-electron chi connectivity index (χ0n) is 10.9. The Labute approximate surface area is 122 Å². The molecule has 100 valence electrons. The number of para-hydroxylation sites is 1. The number of hydrogen-bond donors (Lipinski definition) is 2. The molecule has 0 aliphatic carbocycles. The van der Waals surface area contributed by atoms with Crippen molar-refractivity contribution in [1.82, 2.24) is 0 Å². The average molecular weight is 281 g/mol. The van der Waals surface area contributed by atoms with E-state index in [9.17, 15) is 5.11 Å². The molecule has 3 heteroatoms. The van der Waals surface area contributed by atoms with Crippen molar-refractivity contribution in [3.8, 4) is 16.2 Å². The molecule has 0 fully saturated rings. The summed E-state index contributed by atoms with van der Waals surface area (Å²) < 4.78 is 0. The number of nitrogens with one attached hydrogen (secondary N) is 1. The molecular weight excluding hydrogens is 266 g/mol. The summed E-state index contributed by atoms with van der Waals surface area (Å²) in [5.74, 6) is 0.302. The maximum Gasteiger partial charge on any atom is 0.115 e. The minimum Gasteiger partial charge on any atom is -0.508 e. The lowest BCUT2D eigenvalue weighted by atomic mass is 10.1. The van der Waals surface area contributed by atoms with E-state index in [2.05, 4.69) is 41.0 Å². The summed E-state index contributed by atoms with van der Waals surface area (Å²) in [6.45, 7) is 0.691. The van der Waals surface area contributed by atoms with Gasteiger partial charge < -0.3 is 10.4 Å². The number of thiophene rings is 1. The van der Waals surface area contributed by atoms with Crippen LogP contribution in [0.4, 0.5) is 5.69 Å². The van der Waals surface area contributed by atoms with Crippen LogP contribution in [0, 0.1) is 0 Å². The van der Waals surface area contributed by atoms with E-state index in [-0.39, 0.29) is 0 Å². The summed E-state index contributed by atoms with van der Waals surface area (Å²) in [5.41, 5.74) is 3.38. The molecule has 0 aliphatic rings. The van der Waals surface area contributed by atoms with Crippen LogP contribution in [0.5, 0.6) is 5.75 Å². The molecule has 2 N–H and O–H groups in total. The zero-order valence-corrected chi connectivity index (χ0v) is 11.7. The smallest absolute Gasteiger partial charge is 0.115 e. The van der Waals surface area contributed by atoms with Crippen molar-refractivity contribution in [2.45, 2.75) is 6.54 Å². The highest BCUT2D eigenvalue weighted by Gasteiger charge is 2.05. The molecule has 0 saturated carbocycles. The van der Waals surface area contributed by atoms with Crippen molar-refractivity contribution in [3.05, 3.63) is 71.6 Å². The van der Waals surface area contributed by atoms with Crippen LogP contribution in [-0.2, 0) is 6.54 Å². The van der Waals surface area contributed by atoms with Crippen LogP contribution in [0.3, 0.4) is 0 Å². The third-order valence-electron chi connectivity index (χ3n) is 3.11. The fourth-order valence-corrected chi connectivity index (χ4v) is 2.91. The molecule has 1 heterocycles. The highest BCUT2D eigenvalue weighted by atomic mass is 32.1. The minimum absolute atomic E-state index is 0.302. The van der Waals surface area contributed by atoms with E-state index in [1.54, 1.807) is 23.5 Å². The van der Waals surface area contributed by atoms with Gasteiger partial charge in [-0.3, -0.25) is 0 Å². The van der Waals surface area contributed by atoms with Crippen LogP contribution in [0.2, 0.25) is 0 Å². The second-order valence-corrected chi connectivity index (χ2v) is 5.49. The molecule has 0 spiro atoms. The second kappa shape index (κ2) is 5.80. The Kier molecular flexibility index (Phi) is 3.70. The molecule has 3 rings (SSSR count). The molecule has 0 bridgehead atoms. The Morgan fingerprint density at radius 3 is 2.65 bits per heavy atom. The van der Waals surface area contributed by atoms with E-state index >= 15 is 0 Å². The summed E-state index contributed by atoms with van der Waals surface area (Å²) in [6, 6.07) is 19.8. The normalized spacial score (nSPS) is 10.4. The number of hydrogen-bond acceptors (Lipinski definition) is 3. The van der Waals surface area contributed by atoms with Crippen molar-refractivity contribution in [3.63, 3.8) is 0 Å². The van der Waals surface area contributed by atoms with Gasteiger partial charge in [-0.15, -0.1) is 11.3 Å². The lowest BCUT2D eigenvalue weighted by Gasteiger charge is -2.11. The van der Waals surface area contributed by atoms with Gasteiger partial charge in [-0.2, -0.15) is 0 Å². The van der Waals surface area contributed by atoms with Crippen molar-refractivity contribution in [2.75, 3.05) is 5.32 Å². The first-order valence-corrected chi connectivity index (χ1v) is 7.35. The number of phenolic OH excluding ortho intramolecular Hbond substituents is 1. The van der Waals surface area contributed by atoms with Gasteiger partial charge in [0.15, 0.2) is 0 Å². The standard InChI is InChI=1S/C17H15NOS/c19-14-6-3-5-13(11-14)12-18-16-8-2-1-7-15(16)17-9-4-10-20-17/h1-11,18-19H,12H2. The molecule has 0 aliphatic heterocycles. The summed E-state index contributed by atoms with van der Waals surface area (Å²) >= 11 is 1.73. The Morgan fingerprint density at radius 2 is 1.85 bits per heavy atom. The number of aromatic hydroxyl groups is 1. The van der Waals surface area contributed by atoms with Crippen LogP contribution < -0.4 is 5.32 Å². The van der Waals surface area contributed by atoms with Crippen LogP contribution in [0.25, 0.3) is 10.4 Å². The topological polar surface area (TPSA) is 32.3 Å². The maximum atomic E-state index is 9.49. The van der Waals surface area contributed by atoms with Gasteiger partial charge in [0.2, 0.25) is 0 Å². The third kappa shape index (κ3) is 2.83. The van der Waals surface area contributed by atoms with E-state index < -0.39 is 0 Å². The van der Waals surface area contributed by atoms with Crippen LogP contribution in [0.1, 0.15) is 5.56 Å². The number of rotatable bonds is 4. The van der Waals surface area contributed by atoms with Crippen molar-refractivity contribution >= 4 is 17.0 Å². The third-order valence-corrected chi connectivity index (χ3v) is 4.01. The van der Waals surface area contributed by atoms with Gasteiger partial charge in [-0.05, 0) is 35.2 Å². The van der Waals surface area contributed by atoms with E-state index in [0.29, 0.717) is 12.3 Å². The molecule has 0 amide bonds. The Hall–Kier alpha value is -2.26. The van der Waals surface area contributed by atoms with Gasteiger partial charge in [0.1, 0.15) is 5.75 Å². The molecular formula is C17H15NOS. The lowest BCUT2D eigenvalue weighted by molar-refractivity contribution is 0.474. The average Bonchev–Trinajstić information content (AvgIpc) is 3.00. The van der Waals surface area contributed by atoms with Gasteiger partial charge in [-0.25, -0.2) is 0 Å². The fourth-order valence-electron chi connectivity index (χ4n) is 2.15. The van der Waals surface area contributed by atoms with E-state index in [4.69, 9.17) is 0 Å². The summed E-state index contributed by atoms with van der Waals surface area (Å²) in [6.07, 6.45) is 0. The number of benzene rings is 2. The highest BCUT2D eigenvalue weighted by molar-refractivity contribution is 7.13. The first-order chi connectivity index (χ1) is 9.83. The molecule has 2 nitrogen and oxygen atoms in total. The molecule has 0 atom stereocenters.